The van der Waals surface area contributed by atoms with Crippen molar-refractivity contribution < 1.29 is 0 Å². The molecule has 0 saturated heterocycles. The second kappa shape index (κ2) is 10.0. The molecule has 0 aromatic carbocycles. The Morgan fingerprint density at radius 2 is 1.54 bits per heavy atom. The Kier molecular flexibility index (Phi) is 10.0. The Bertz CT molecular complexity index is 89.1. The fourth-order valence-corrected chi connectivity index (χ4v) is 1.37. The van der Waals surface area contributed by atoms with Crippen LogP contribution < -0.4 is 5.32 Å². The van der Waals surface area contributed by atoms with Crippen molar-refractivity contribution in [3.8, 4) is 0 Å². The quantitative estimate of drug-likeness (QED) is 0.540. The lowest BCUT2D eigenvalue weighted by Gasteiger charge is -2.06. The van der Waals surface area contributed by atoms with Crippen LogP contribution in [0.5, 0.6) is 0 Å². The van der Waals surface area contributed by atoms with Crippen LogP contribution in [0.25, 0.3) is 0 Å². The Hall–Kier alpha value is -0.0400. The normalized spacial score (nSPS) is 11.1. The van der Waals surface area contributed by atoms with Crippen LogP contribution in [-0.2, 0) is 0 Å². The molecule has 0 aliphatic carbocycles. The molecule has 0 heterocycles. The third-order valence-corrected chi connectivity index (χ3v) is 2.19. The highest BCUT2D eigenvalue weighted by molar-refractivity contribution is 4.79. The highest BCUT2D eigenvalue weighted by Gasteiger charge is 1.93. The van der Waals surface area contributed by atoms with Gasteiger partial charge in [-0.3, -0.25) is 0 Å². The summed E-state index contributed by atoms with van der Waals surface area (Å²) in [6, 6.07) is 0. The molecule has 0 atom stereocenters. The van der Waals surface area contributed by atoms with Crippen molar-refractivity contribution in [2.45, 2.75) is 59.3 Å². The Morgan fingerprint density at radius 1 is 0.923 bits per heavy atom. The average Bonchev–Trinajstić information content (AvgIpc) is 2.09. The van der Waals surface area contributed by atoms with Crippen LogP contribution in [0.15, 0.2) is 0 Å². The second-order valence-electron chi connectivity index (χ2n) is 4.15. The van der Waals surface area contributed by atoms with Gasteiger partial charge in [-0.05, 0) is 18.9 Å². The van der Waals surface area contributed by atoms with E-state index in [9.17, 15) is 0 Å². The van der Waals surface area contributed by atoms with Gasteiger partial charge in [0.1, 0.15) is 0 Å². The predicted octanol–water partition coefficient (Wildman–Crippen LogP) is 3.55. The summed E-state index contributed by atoms with van der Waals surface area (Å²) in [5, 5.41) is 3.44. The van der Waals surface area contributed by atoms with Crippen LogP contribution >= 0.6 is 0 Å². The van der Waals surface area contributed by atoms with Crippen molar-refractivity contribution in [3.63, 3.8) is 0 Å². The first-order valence-corrected chi connectivity index (χ1v) is 5.77. The van der Waals surface area contributed by atoms with Gasteiger partial charge in [-0.1, -0.05) is 52.9 Å². The highest BCUT2D eigenvalue weighted by Crippen LogP contribution is 2.04. The molecule has 0 saturated carbocycles. The van der Waals surface area contributed by atoms with Gasteiger partial charge in [0.15, 0.2) is 0 Å². The predicted molar refractivity (Wildman–Crippen MR) is 60.8 cm³/mol. The molecule has 13 heavy (non-hydrogen) atoms. The molecule has 1 radical (unpaired) electrons. The summed E-state index contributed by atoms with van der Waals surface area (Å²) in [6.07, 6.45) is 8.35. The number of hydrogen-bond acceptors (Lipinski definition) is 1. The van der Waals surface area contributed by atoms with Crippen LogP contribution in [0.2, 0.25) is 0 Å². The molecule has 0 unspecified atom stereocenters. The third kappa shape index (κ3) is 12.0. The van der Waals surface area contributed by atoms with E-state index in [0.717, 1.165) is 6.54 Å². The van der Waals surface area contributed by atoms with Gasteiger partial charge in [0, 0.05) is 6.54 Å². The molecule has 1 N–H and O–H groups in total. The first-order chi connectivity index (χ1) is 6.27. The SMILES string of the molecule is CCCCCCCCNC[C](C)C. The summed E-state index contributed by atoms with van der Waals surface area (Å²) in [5.41, 5.74) is 0. The lowest BCUT2D eigenvalue weighted by Crippen LogP contribution is -2.19. The lowest BCUT2D eigenvalue weighted by atomic mass is 10.1. The smallest absolute Gasteiger partial charge is 0.000811 e. The van der Waals surface area contributed by atoms with Gasteiger partial charge in [0.2, 0.25) is 0 Å². The van der Waals surface area contributed by atoms with Crippen LogP contribution in [0.1, 0.15) is 59.3 Å². The van der Waals surface area contributed by atoms with Crippen molar-refractivity contribution in [1.29, 1.82) is 0 Å². The van der Waals surface area contributed by atoms with Crippen LogP contribution in [0, 0.1) is 5.92 Å². The molecule has 0 rings (SSSR count). The highest BCUT2D eigenvalue weighted by atomic mass is 14.8. The van der Waals surface area contributed by atoms with E-state index in [2.05, 4.69) is 26.1 Å². The minimum Gasteiger partial charge on any atom is -0.316 e. The van der Waals surface area contributed by atoms with Gasteiger partial charge in [-0.15, -0.1) is 0 Å². The zero-order valence-electron chi connectivity index (χ0n) is 9.66. The van der Waals surface area contributed by atoms with Gasteiger partial charge in [0.25, 0.3) is 0 Å². The van der Waals surface area contributed by atoms with Crippen molar-refractivity contribution in [2.75, 3.05) is 13.1 Å². The summed E-state index contributed by atoms with van der Waals surface area (Å²) in [6.45, 7) is 8.90. The lowest BCUT2D eigenvalue weighted by molar-refractivity contribution is 0.576. The van der Waals surface area contributed by atoms with Gasteiger partial charge in [0.05, 0.1) is 0 Å². The minimum atomic E-state index is 1.09. The van der Waals surface area contributed by atoms with Crippen molar-refractivity contribution in [1.82, 2.24) is 5.32 Å². The van der Waals surface area contributed by atoms with Crippen LogP contribution in [0.4, 0.5) is 0 Å². The van der Waals surface area contributed by atoms with Gasteiger partial charge < -0.3 is 5.32 Å². The molecule has 0 spiro atoms. The monoisotopic (exact) mass is 184 g/mol. The van der Waals surface area contributed by atoms with Crippen molar-refractivity contribution in [3.05, 3.63) is 5.92 Å². The maximum absolute atomic E-state index is 3.44. The van der Waals surface area contributed by atoms with Crippen molar-refractivity contribution in [2.24, 2.45) is 0 Å². The largest absolute Gasteiger partial charge is 0.316 e. The Labute approximate surface area is 84.3 Å². The van der Waals surface area contributed by atoms with Crippen molar-refractivity contribution >= 4 is 0 Å². The van der Waals surface area contributed by atoms with E-state index in [1.54, 1.807) is 0 Å². The molecule has 0 amide bonds. The molecule has 1 nitrogen and oxygen atoms in total. The Morgan fingerprint density at radius 3 is 2.15 bits per heavy atom. The van der Waals surface area contributed by atoms with E-state index in [1.165, 1.54) is 51.0 Å². The van der Waals surface area contributed by atoms with Gasteiger partial charge >= 0.3 is 0 Å². The van der Waals surface area contributed by atoms with Gasteiger partial charge in [-0.2, -0.15) is 0 Å². The molecule has 0 bridgehead atoms. The number of unbranched alkanes of at least 4 members (excludes halogenated alkanes) is 5. The fraction of sp³-hybridized carbons (Fsp3) is 0.917. The number of rotatable bonds is 9. The molecular weight excluding hydrogens is 158 g/mol. The first kappa shape index (κ1) is 13.0. The number of nitrogens with one attached hydrogen (secondary N) is 1. The summed E-state index contributed by atoms with van der Waals surface area (Å²) in [5.74, 6) is 1.48. The standard InChI is InChI=1S/C12H26N/c1-4-5-6-7-8-9-10-13-11-12(2)3/h13H,4-11H2,1-3H3. The summed E-state index contributed by atoms with van der Waals surface area (Å²) in [4.78, 5) is 0. The van der Waals surface area contributed by atoms with E-state index < -0.39 is 0 Å². The fourth-order valence-electron chi connectivity index (χ4n) is 1.37. The van der Waals surface area contributed by atoms with E-state index in [0.29, 0.717) is 0 Å². The van der Waals surface area contributed by atoms with E-state index in [4.69, 9.17) is 0 Å². The second-order valence-corrected chi connectivity index (χ2v) is 4.15. The van der Waals surface area contributed by atoms with Gasteiger partial charge in [-0.25, -0.2) is 0 Å². The summed E-state index contributed by atoms with van der Waals surface area (Å²) >= 11 is 0. The zero-order chi connectivity index (χ0) is 9.94. The third-order valence-electron chi connectivity index (χ3n) is 2.19. The molecule has 0 aromatic rings. The molecule has 0 fully saturated rings. The summed E-state index contributed by atoms with van der Waals surface area (Å²) < 4.78 is 0. The number of hydrogen-bond donors (Lipinski definition) is 1. The molecule has 1 heteroatoms. The maximum atomic E-state index is 3.44. The summed E-state index contributed by atoms with van der Waals surface area (Å²) in [7, 11) is 0. The molecule has 0 aliphatic heterocycles. The van der Waals surface area contributed by atoms with E-state index in [-0.39, 0.29) is 0 Å². The Balaban J connectivity index is 2.84. The zero-order valence-corrected chi connectivity index (χ0v) is 9.66. The topological polar surface area (TPSA) is 12.0 Å². The maximum Gasteiger partial charge on any atom is 0.000811 e. The molecule has 0 aromatic heterocycles. The molecule has 79 valence electrons. The molecular formula is C12H26N. The first-order valence-electron chi connectivity index (χ1n) is 5.77. The minimum absolute atomic E-state index is 1.09. The molecule has 0 aliphatic rings. The van der Waals surface area contributed by atoms with Crippen LogP contribution in [-0.4, -0.2) is 13.1 Å². The van der Waals surface area contributed by atoms with Crippen LogP contribution in [0.3, 0.4) is 0 Å². The van der Waals surface area contributed by atoms with E-state index >= 15 is 0 Å². The van der Waals surface area contributed by atoms with E-state index in [1.807, 2.05) is 0 Å². The average molecular weight is 184 g/mol.